The van der Waals surface area contributed by atoms with Gasteiger partial charge in [0.05, 0.1) is 12.5 Å². The molecule has 2 nitrogen and oxygen atoms in total. The van der Waals surface area contributed by atoms with Crippen molar-refractivity contribution < 1.29 is 9.52 Å². The molecule has 1 heterocycles. The molecule has 0 spiro atoms. The lowest BCUT2D eigenvalue weighted by molar-refractivity contribution is 0.219. The molecule has 0 saturated heterocycles. The fourth-order valence-electron chi connectivity index (χ4n) is 1.93. The molecule has 0 aliphatic heterocycles. The van der Waals surface area contributed by atoms with E-state index in [0.29, 0.717) is 5.92 Å². The van der Waals surface area contributed by atoms with E-state index in [1.807, 2.05) is 12.1 Å². The maximum Gasteiger partial charge on any atom is 0.107 e. The van der Waals surface area contributed by atoms with Crippen molar-refractivity contribution in [3.8, 4) is 0 Å². The standard InChI is InChI=1S/C15H18O2/c1-11(2)9-12-3-5-13(6-4-12)15(16)14-7-8-17-10-14/h3-8,10-11,15-16H,9H2,1-2H3. The van der Waals surface area contributed by atoms with Crippen molar-refractivity contribution in [2.24, 2.45) is 5.92 Å². The summed E-state index contributed by atoms with van der Waals surface area (Å²) in [5.74, 6) is 0.652. The van der Waals surface area contributed by atoms with E-state index in [1.165, 1.54) is 5.56 Å². The molecule has 0 aliphatic carbocycles. The number of aliphatic hydroxyl groups excluding tert-OH is 1. The Morgan fingerprint density at radius 3 is 2.29 bits per heavy atom. The first-order valence-corrected chi connectivity index (χ1v) is 5.96. The third-order valence-corrected chi connectivity index (χ3v) is 2.80. The average Bonchev–Trinajstić information content (AvgIpc) is 2.82. The van der Waals surface area contributed by atoms with Gasteiger partial charge in [-0.05, 0) is 29.5 Å². The summed E-state index contributed by atoms with van der Waals surface area (Å²) in [5, 5.41) is 10.1. The van der Waals surface area contributed by atoms with Crippen molar-refractivity contribution in [2.75, 3.05) is 0 Å². The first kappa shape index (κ1) is 11.9. The van der Waals surface area contributed by atoms with Crippen LogP contribution in [-0.2, 0) is 6.42 Å². The van der Waals surface area contributed by atoms with Crippen molar-refractivity contribution in [1.29, 1.82) is 0 Å². The van der Waals surface area contributed by atoms with Crippen LogP contribution in [-0.4, -0.2) is 5.11 Å². The topological polar surface area (TPSA) is 33.4 Å². The Morgan fingerprint density at radius 1 is 1.06 bits per heavy atom. The lowest BCUT2D eigenvalue weighted by Gasteiger charge is -2.10. The van der Waals surface area contributed by atoms with Gasteiger partial charge in [-0.2, -0.15) is 0 Å². The molecule has 2 rings (SSSR count). The summed E-state index contributed by atoms with van der Waals surface area (Å²) in [7, 11) is 0. The number of benzene rings is 1. The Hall–Kier alpha value is -1.54. The van der Waals surface area contributed by atoms with Gasteiger partial charge in [-0.3, -0.25) is 0 Å². The van der Waals surface area contributed by atoms with Gasteiger partial charge in [0.2, 0.25) is 0 Å². The number of hydrogen-bond acceptors (Lipinski definition) is 2. The highest BCUT2D eigenvalue weighted by Crippen LogP contribution is 2.22. The van der Waals surface area contributed by atoms with E-state index >= 15 is 0 Å². The lowest BCUT2D eigenvalue weighted by Crippen LogP contribution is -1.99. The van der Waals surface area contributed by atoms with Gasteiger partial charge in [0.25, 0.3) is 0 Å². The first-order valence-electron chi connectivity index (χ1n) is 5.96. The minimum Gasteiger partial charge on any atom is -0.472 e. The highest BCUT2D eigenvalue weighted by Gasteiger charge is 2.11. The summed E-state index contributed by atoms with van der Waals surface area (Å²) >= 11 is 0. The van der Waals surface area contributed by atoms with Crippen LogP contribution in [0.1, 0.15) is 36.6 Å². The predicted octanol–water partition coefficient (Wildman–Crippen LogP) is 3.56. The van der Waals surface area contributed by atoms with E-state index in [1.54, 1.807) is 18.6 Å². The second-order valence-corrected chi connectivity index (χ2v) is 4.80. The number of furan rings is 1. The maximum atomic E-state index is 10.1. The van der Waals surface area contributed by atoms with E-state index in [4.69, 9.17) is 4.42 Å². The van der Waals surface area contributed by atoms with Crippen molar-refractivity contribution in [1.82, 2.24) is 0 Å². The molecule has 0 bridgehead atoms. The van der Waals surface area contributed by atoms with Crippen LogP contribution in [0.15, 0.2) is 47.3 Å². The minimum absolute atomic E-state index is 0.596. The fraction of sp³-hybridized carbons (Fsp3) is 0.333. The molecular weight excluding hydrogens is 212 g/mol. The van der Waals surface area contributed by atoms with E-state index in [-0.39, 0.29) is 0 Å². The molecule has 1 N–H and O–H groups in total. The van der Waals surface area contributed by atoms with Gasteiger partial charge in [-0.15, -0.1) is 0 Å². The molecule has 1 atom stereocenters. The molecule has 17 heavy (non-hydrogen) atoms. The molecule has 1 aromatic heterocycles. The molecule has 0 aliphatic rings. The molecule has 0 radical (unpaired) electrons. The van der Waals surface area contributed by atoms with Gasteiger partial charge < -0.3 is 9.52 Å². The summed E-state index contributed by atoms with van der Waals surface area (Å²) in [5.41, 5.74) is 3.00. The monoisotopic (exact) mass is 230 g/mol. The third kappa shape index (κ3) is 2.98. The molecule has 90 valence electrons. The molecular formula is C15H18O2. The average molecular weight is 230 g/mol. The fourth-order valence-corrected chi connectivity index (χ4v) is 1.93. The Morgan fingerprint density at radius 2 is 1.76 bits per heavy atom. The highest BCUT2D eigenvalue weighted by atomic mass is 16.3. The Bertz CT molecular complexity index is 440. The largest absolute Gasteiger partial charge is 0.472 e. The van der Waals surface area contributed by atoms with Crippen LogP contribution in [0.5, 0.6) is 0 Å². The zero-order valence-corrected chi connectivity index (χ0v) is 10.3. The molecule has 0 amide bonds. The summed E-state index contributed by atoms with van der Waals surface area (Å²) < 4.78 is 4.97. The molecule has 0 saturated carbocycles. The molecule has 1 aromatic carbocycles. The van der Waals surface area contributed by atoms with Crippen molar-refractivity contribution in [3.05, 3.63) is 59.5 Å². The highest BCUT2D eigenvalue weighted by molar-refractivity contribution is 5.30. The number of rotatable bonds is 4. The predicted molar refractivity (Wildman–Crippen MR) is 67.8 cm³/mol. The SMILES string of the molecule is CC(C)Cc1ccc(C(O)c2ccoc2)cc1. The molecule has 2 aromatic rings. The van der Waals surface area contributed by atoms with E-state index < -0.39 is 6.10 Å². The third-order valence-electron chi connectivity index (χ3n) is 2.80. The van der Waals surface area contributed by atoms with Crippen LogP contribution in [0.2, 0.25) is 0 Å². The quantitative estimate of drug-likeness (QED) is 0.871. The van der Waals surface area contributed by atoms with Crippen LogP contribution in [0.25, 0.3) is 0 Å². The van der Waals surface area contributed by atoms with Gasteiger partial charge in [0.1, 0.15) is 6.10 Å². The Kier molecular flexibility index (Phi) is 3.64. The first-order chi connectivity index (χ1) is 8.16. The van der Waals surface area contributed by atoms with Gasteiger partial charge in [-0.1, -0.05) is 38.1 Å². The van der Waals surface area contributed by atoms with Gasteiger partial charge in [0, 0.05) is 5.56 Å². The van der Waals surface area contributed by atoms with Crippen LogP contribution in [0.3, 0.4) is 0 Å². The van der Waals surface area contributed by atoms with E-state index in [2.05, 4.69) is 26.0 Å². The summed E-state index contributed by atoms with van der Waals surface area (Å²) in [6.07, 6.45) is 3.63. The summed E-state index contributed by atoms with van der Waals surface area (Å²) in [6, 6.07) is 9.91. The zero-order chi connectivity index (χ0) is 12.3. The van der Waals surface area contributed by atoms with Crippen LogP contribution in [0, 0.1) is 5.92 Å². The molecule has 1 unspecified atom stereocenters. The van der Waals surface area contributed by atoms with E-state index in [0.717, 1.165) is 17.5 Å². The normalized spacial score (nSPS) is 12.9. The van der Waals surface area contributed by atoms with Crippen molar-refractivity contribution in [3.63, 3.8) is 0 Å². The van der Waals surface area contributed by atoms with Gasteiger partial charge in [-0.25, -0.2) is 0 Å². The zero-order valence-electron chi connectivity index (χ0n) is 10.3. The molecule has 0 fully saturated rings. The lowest BCUT2D eigenvalue weighted by atomic mass is 9.98. The van der Waals surface area contributed by atoms with Gasteiger partial charge in [0.15, 0.2) is 0 Å². The summed E-state index contributed by atoms with van der Waals surface area (Å²) in [6.45, 7) is 4.41. The Labute approximate surface area is 102 Å². The van der Waals surface area contributed by atoms with Crippen LogP contribution >= 0.6 is 0 Å². The minimum atomic E-state index is -0.596. The number of hydrogen-bond donors (Lipinski definition) is 1. The van der Waals surface area contributed by atoms with Gasteiger partial charge >= 0.3 is 0 Å². The van der Waals surface area contributed by atoms with Crippen molar-refractivity contribution in [2.45, 2.75) is 26.4 Å². The second-order valence-electron chi connectivity index (χ2n) is 4.80. The number of aliphatic hydroxyl groups is 1. The second kappa shape index (κ2) is 5.19. The van der Waals surface area contributed by atoms with Crippen LogP contribution in [0.4, 0.5) is 0 Å². The summed E-state index contributed by atoms with van der Waals surface area (Å²) in [4.78, 5) is 0. The van der Waals surface area contributed by atoms with E-state index in [9.17, 15) is 5.11 Å². The van der Waals surface area contributed by atoms with Crippen LogP contribution < -0.4 is 0 Å². The van der Waals surface area contributed by atoms with Crippen molar-refractivity contribution >= 4 is 0 Å². The smallest absolute Gasteiger partial charge is 0.107 e. The maximum absolute atomic E-state index is 10.1. The Balaban J connectivity index is 2.12. The molecule has 2 heteroatoms.